The number of nitrogens with one attached hydrogen (secondary N) is 1. The van der Waals surface area contributed by atoms with Crippen molar-refractivity contribution in [1.29, 1.82) is 0 Å². The Morgan fingerprint density at radius 2 is 1.89 bits per heavy atom. The zero-order valence-corrected chi connectivity index (χ0v) is 11.3. The number of carboxylic acid groups (broad SMARTS) is 1. The molecular weight excluding hydrogens is 246 g/mol. The number of aliphatic carboxylic acids is 1. The molecule has 0 bridgehead atoms. The summed E-state index contributed by atoms with van der Waals surface area (Å²) in [6.07, 6.45) is 0.119. The predicted molar refractivity (Wildman–Crippen MR) is 72.2 cm³/mol. The van der Waals surface area contributed by atoms with Crippen LogP contribution in [0.1, 0.15) is 31.7 Å². The molecule has 1 rings (SSSR count). The molecule has 2 N–H and O–H groups in total. The smallest absolute Gasteiger partial charge is 0.310 e. The van der Waals surface area contributed by atoms with Gasteiger partial charge < -0.3 is 15.2 Å². The third-order valence-corrected chi connectivity index (χ3v) is 3.00. The molecule has 5 heteroatoms. The van der Waals surface area contributed by atoms with E-state index in [9.17, 15) is 9.59 Å². The first-order valence-electron chi connectivity index (χ1n) is 6.16. The van der Waals surface area contributed by atoms with Crippen LogP contribution < -0.4 is 5.32 Å². The van der Waals surface area contributed by atoms with Crippen molar-refractivity contribution in [2.24, 2.45) is 0 Å². The molecule has 1 aromatic carbocycles. The Bertz CT molecular complexity index is 437. The van der Waals surface area contributed by atoms with Crippen molar-refractivity contribution in [3.8, 4) is 0 Å². The topological polar surface area (TPSA) is 75.6 Å². The molecule has 0 aliphatic heterocycles. The molecule has 0 fully saturated rings. The first-order valence-corrected chi connectivity index (χ1v) is 6.16. The Hall–Kier alpha value is -1.88. The van der Waals surface area contributed by atoms with E-state index in [4.69, 9.17) is 9.84 Å². The van der Waals surface area contributed by atoms with Crippen molar-refractivity contribution in [3.63, 3.8) is 0 Å². The average molecular weight is 265 g/mol. The van der Waals surface area contributed by atoms with Crippen LogP contribution in [0.25, 0.3) is 0 Å². The highest BCUT2D eigenvalue weighted by atomic mass is 16.5. The molecule has 5 nitrogen and oxygen atoms in total. The number of carboxylic acids is 1. The van der Waals surface area contributed by atoms with Crippen LogP contribution in [0.2, 0.25) is 0 Å². The lowest BCUT2D eigenvalue weighted by Crippen LogP contribution is -2.28. The van der Waals surface area contributed by atoms with Crippen LogP contribution in [0, 0.1) is 0 Å². The van der Waals surface area contributed by atoms with Crippen LogP contribution >= 0.6 is 0 Å². The van der Waals surface area contributed by atoms with Crippen LogP contribution in [0.5, 0.6) is 0 Å². The lowest BCUT2D eigenvalue weighted by atomic mass is 10.0. The number of carbonyl (C=O) groups is 2. The van der Waals surface area contributed by atoms with Crippen molar-refractivity contribution in [2.45, 2.75) is 32.3 Å². The number of benzene rings is 1. The largest absolute Gasteiger partial charge is 0.481 e. The molecular formula is C14H19NO4. The summed E-state index contributed by atoms with van der Waals surface area (Å²) < 4.78 is 5.04. The number of rotatable bonds is 6. The molecule has 0 saturated carbocycles. The van der Waals surface area contributed by atoms with Gasteiger partial charge in [0, 0.05) is 12.8 Å². The van der Waals surface area contributed by atoms with E-state index in [0.717, 1.165) is 0 Å². The van der Waals surface area contributed by atoms with Crippen LogP contribution in [-0.2, 0) is 14.3 Å². The van der Waals surface area contributed by atoms with Crippen LogP contribution in [-0.4, -0.2) is 30.2 Å². The fourth-order valence-electron chi connectivity index (χ4n) is 1.68. The van der Waals surface area contributed by atoms with Crippen molar-refractivity contribution in [1.82, 2.24) is 0 Å². The molecule has 19 heavy (non-hydrogen) atoms. The van der Waals surface area contributed by atoms with E-state index in [-0.39, 0.29) is 5.91 Å². The molecule has 0 saturated heterocycles. The minimum Gasteiger partial charge on any atom is -0.481 e. The Morgan fingerprint density at radius 1 is 1.32 bits per heavy atom. The Labute approximate surface area is 112 Å². The Balaban J connectivity index is 2.72. The quantitative estimate of drug-likeness (QED) is 0.827. The van der Waals surface area contributed by atoms with Gasteiger partial charge in [-0.1, -0.05) is 19.1 Å². The highest BCUT2D eigenvalue weighted by Crippen LogP contribution is 2.18. The Morgan fingerprint density at radius 3 is 2.32 bits per heavy atom. The first-order chi connectivity index (χ1) is 8.99. The second kappa shape index (κ2) is 6.89. The van der Waals surface area contributed by atoms with Crippen molar-refractivity contribution in [3.05, 3.63) is 29.8 Å². The van der Waals surface area contributed by atoms with E-state index < -0.39 is 18.0 Å². The Kier molecular flexibility index (Phi) is 5.51. The molecule has 1 amide bonds. The van der Waals surface area contributed by atoms with Gasteiger partial charge in [0.2, 0.25) is 0 Å². The van der Waals surface area contributed by atoms with Crippen molar-refractivity contribution < 1.29 is 19.4 Å². The number of ether oxygens (including phenoxy) is 1. The van der Waals surface area contributed by atoms with E-state index in [2.05, 4.69) is 5.32 Å². The summed E-state index contributed by atoms with van der Waals surface area (Å²) in [5, 5.41) is 11.6. The molecule has 0 heterocycles. The minimum atomic E-state index is -0.873. The zero-order chi connectivity index (χ0) is 14.4. The molecule has 0 aromatic heterocycles. The normalized spacial score (nSPS) is 13.6. The molecule has 0 aliphatic carbocycles. The van der Waals surface area contributed by atoms with Gasteiger partial charge in [0.25, 0.3) is 5.91 Å². The number of amides is 1. The summed E-state index contributed by atoms with van der Waals surface area (Å²) in [4.78, 5) is 22.6. The zero-order valence-electron chi connectivity index (χ0n) is 11.3. The molecule has 1 aromatic rings. The van der Waals surface area contributed by atoms with Gasteiger partial charge in [0.15, 0.2) is 0 Å². The monoisotopic (exact) mass is 265 g/mol. The lowest BCUT2D eigenvalue weighted by molar-refractivity contribution is -0.138. The van der Waals surface area contributed by atoms with Crippen LogP contribution in [0.15, 0.2) is 24.3 Å². The third-order valence-electron chi connectivity index (χ3n) is 3.00. The van der Waals surface area contributed by atoms with Gasteiger partial charge in [-0.05, 0) is 31.0 Å². The SMILES string of the molecule is CCC(OC)C(=O)Nc1ccc(C(C)C(=O)O)cc1. The average Bonchev–Trinajstić information content (AvgIpc) is 2.40. The van der Waals surface area contributed by atoms with E-state index in [1.54, 1.807) is 31.2 Å². The lowest BCUT2D eigenvalue weighted by Gasteiger charge is -2.14. The minimum absolute atomic E-state index is 0.205. The van der Waals surface area contributed by atoms with Gasteiger partial charge in [0.1, 0.15) is 6.10 Å². The number of carbonyl (C=O) groups excluding carboxylic acids is 1. The number of anilines is 1. The second-order valence-electron chi connectivity index (χ2n) is 4.30. The van der Waals surface area contributed by atoms with Gasteiger partial charge in [-0.3, -0.25) is 9.59 Å². The summed E-state index contributed by atoms with van der Waals surface area (Å²) >= 11 is 0. The van der Waals surface area contributed by atoms with Crippen molar-refractivity contribution in [2.75, 3.05) is 12.4 Å². The maximum atomic E-state index is 11.8. The number of hydrogen-bond donors (Lipinski definition) is 2. The fourth-order valence-corrected chi connectivity index (χ4v) is 1.68. The van der Waals surface area contributed by atoms with Gasteiger partial charge in [-0.25, -0.2) is 0 Å². The van der Waals surface area contributed by atoms with E-state index in [1.165, 1.54) is 7.11 Å². The fraction of sp³-hybridized carbons (Fsp3) is 0.429. The van der Waals surface area contributed by atoms with E-state index in [0.29, 0.717) is 17.7 Å². The third kappa shape index (κ3) is 4.06. The summed E-state index contributed by atoms with van der Waals surface area (Å²) in [6, 6.07) is 6.77. The van der Waals surface area contributed by atoms with E-state index >= 15 is 0 Å². The molecule has 0 radical (unpaired) electrons. The standard InChI is InChI=1S/C14H19NO4/c1-4-12(19-3)13(16)15-11-7-5-10(6-8-11)9(2)14(17)18/h5-9,12H,4H2,1-3H3,(H,15,16)(H,17,18). The maximum absolute atomic E-state index is 11.8. The summed E-state index contributed by atoms with van der Waals surface area (Å²) in [5.74, 6) is -1.64. The molecule has 0 aliphatic rings. The summed E-state index contributed by atoms with van der Waals surface area (Å²) in [6.45, 7) is 3.49. The number of methoxy groups -OCH3 is 1. The first kappa shape index (κ1) is 15.2. The highest BCUT2D eigenvalue weighted by Gasteiger charge is 2.16. The molecule has 0 spiro atoms. The van der Waals surface area contributed by atoms with Crippen LogP contribution in [0.4, 0.5) is 5.69 Å². The molecule has 2 unspecified atom stereocenters. The van der Waals surface area contributed by atoms with Crippen LogP contribution in [0.3, 0.4) is 0 Å². The van der Waals surface area contributed by atoms with Gasteiger partial charge in [-0.15, -0.1) is 0 Å². The van der Waals surface area contributed by atoms with Gasteiger partial charge >= 0.3 is 5.97 Å². The highest BCUT2D eigenvalue weighted by molar-refractivity contribution is 5.94. The summed E-state index contributed by atoms with van der Waals surface area (Å²) in [5.41, 5.74) is 1.33. The van der Waals surface area contributed by atoms with E-state index in [1.807, 2.05) is 6.92 Å². The second-order valence-corrected chi connectivity index (χ2v) is 4.30. The molecule has 2 atom stereocenters. The molecule has 104 valence electrons. The van der Waals surface area contributed by atoms with Gasteiger partial charge in [0.05, 0.1) is 5.92 Å². The number of hydrogen-bond acceptors (Lipinski definition) is 3. The van der Waals surface area contributed by atoms with Gasteiger partial charge in [-0.2, -0.15) is 0 Å². The maximum Gasteiger partial charge on any atom is 0.310 e. The predicted octanol–water partition coefficient (Wildman–Crippen LogP) is 2.24. The summed E-state index contributed by atoms with van der Waals surface area (Å²) in [7, 11) is 1.49. The van der Waals surface area contributed by atoms with Crippen molar-refractivity contribution >= 4 is 17.6 Å².